The van der Waals surface area contributed by atoms with Crippen LogP contribution in [0.1, 0.15) is 64.9 Å². The highest BCUT2D eigenvalue weighted by Gasteiger charge is 2.15. The molecule has 4 nitrogen and oxygen atoms in total. The lowest BCUT2D eigenvalue weighted by Crippen LogP contribution is -2.03. The minimum absolute atomic E-state index is 0.00463. The summed E-state index contributed by atoms with van der Waals surface area (Å²) in [5.74, 6) is 0.0816. The van der Waals surface area contributed by atoms with Gasteiger partial charge in [-0.25, -0.2) is 0 Å². The van der Waals surface area contributed by atoms with E-state index in [0.29, 0.717) is 5.56 Å². The summed E-state index contributed by atoms with van der Waals surface area (Å²) in [6.45, 7) is 10.0. The molecule has 0 aliphatic heterocycles. The third-order valence-corrected chi connectivity index (χ3v) is 4.03. The summed E-state index contributed by atoms with van der Waals surface area (Å²) in [5.41, 5.74) is 0.644. The zero-order valence-corrected chi connectivity index (χ0v) is 15.0. The summed E-state index contributed by atoms with van der Waals surface area (Å²) >= 11 is 0. The lowest BCUT2D eigenvalue weighted by atomic mass is 10.0. The Kier molecular flexibility index (Phi) is 11.1. The van der Waals surface area contributed by atoms with Gasteiger partial charge in [0.2, 0.25) is 0 Å². The molecule has 0 radical (unpaired) electrons. The summed E-state index contributed by atoms with van der Waals surface area (Å²) in [5, 5.41) is 0. The maximum absolute atomic E-state index is 10.9. The lowest BCUT2D eigenvalue weighted by molar-refractivity contribution is 0.128. The molecule has 5 heteroatoms. The average molecular weight is 330 g/mol. The molecule has 0 saturated carbocycles. The van der Waals surface area contributed by atoms with E-state index < -0.39 is 10.1 Å². The fraction of sp³-hybridized carbons (Fsp3) is 0.647. The molecule has 0 unspecified atom stereocenters. The Morgan fingerprint density at radius 1 is 1.05 bits per heavy atom. The molecule has 0 aliphatic carbocycles. The van der Waals surface area contributed by atoms with Crippen molar-refractivity contribution in [2.75, 3.05) is 13.2 Å². The van der Waals surface area contributed by atoms with E-state index in [4.69, 9.17) is 9.29 Å². The van der Waals surface area contributed by atoms with Gasteiger partial charge in [-0.05, 0) is 30.4 Å². The molecule has 0 atom stereocenters. The first kappa shape index (κ1) is 21.1. The molecule has 0 bridgehead atoms. The van der Waals surface area contributed by atoms with E-state index in [1.54, 1.807) is 18.2 Å². The van der Waals surface area contributed by atoms with Gasteiger partial charge >= 0.3 is 0 Å². The van der Waals surface area contributed by atoms with Gasteiger partial charge < -0.3 is 4.74 Å². The van der Waals surface area contributed by atoms with Crippen LogP contribution in [0.25, 0.3) is 0 Å². The molecule has 0 aliphatic rings. The highest BCUT2D eigenvalue weighted by atomic mass is 32.2. The minimum Gasteiger partial charge on any atom is -0.381 e. The van der Waals surface area contributed by atoms with Crippen LogP contribution >= 0.6 is 0 Å². The topological polar surface area (TPSA) is 63.6 Å². The molecule has 1 N–H and O–H groups in total. The zero-order chi connectivity index (χ0) is 17.0. The van der Waals surface area contributed by atoms with E-state index in [2.05, 4.69) is 13.8 Å². The van der Waals surface area contributed by atoms with Crippen LogP contribution in [0, 0.1) is 0 Å². The summed E-state index contributed by atoms with van der Waals surface area (Å²) in [7, 11) is -4.08. The molecule has 1 aromatic carbocycles. The van der Waals surface area contributed by atoms with E-state index in [-0.39, 0.29) is 10.8 Å². The van der Waals surface area contributed by atoms with Crippen molar-refractivity contribution in [2.45, 2.75) is 64.2 Å². The van der Waals surface area contributed by atoms with E-state index in [0.717, 1.165) is 13.2 Å². The van der Waals surface area contributed by atoms with Crippen molar-refractivity contribution in [2.24, 2.45) is 0 Å². The van der Waals surface area contributed by atoms with Gasteiger partial charge in [0.15, 0.2) is 0 Å². The van der Waals surface area contributed by atoms with E-state index in [1.165, 1.54) is 31.7 Å². The van der Waals surface area contributed by atoms with E-state index in [9.17, 15) is 8.42 Å². The maximum atomic E-state index is 10.9. The lowest BCUT2D eigenvalue weighted by Gasteiger charge is -2.09. The molecule has 0 spiro atoms. The Morgan fingerprint density at radius 3 is 1.91 bits per heavy atom. The fourth-order valence-electron chi connectivity index (χ4n) is 1.79. The molecule has 0 saturated heterocycles. The Labute approximate surface area is 135 Å². The highest BCUT2D eigenvalue weighted by molar-refractivity contribution is 7.85. The summed E-state index contributed by atoms with van der Waals surface area (Å²) in [4.78, 5) is 0.00463. The number of hydrogen-bond acceptors (Lipinski definition) is 3. The van der Waals surface area contributed by atoms with Crippen molar-refractivity contribution in [3.63, 3.8) is 0 Å². The van der Waals surface area contributed by atoms with Crippen molar-refractivity contribution < 1.29 is 17.7 Å². The van der Waals surface area contributed by atoms with Crippen LogP contribution in [0.2, 0.25) is 0 Å². The second-order valence-electron chi connectivity index (χ2n) is 5.49. The van der Waals surface area contributed by atoms with Gasteiger partial charge in [0, 0.05) is 13.2 Å². The number of unbranched alkanes of at least 4 members (excludes halogenated alkanes) is 2. The molecule has 128 valence electrons. The van der Waals surface area contributed by atoms with Crippen LogP contribution in [0.15, 0.2) is 29.2 Å². The van der Waals surface area contributed by atoms with Crippen LogP contribution in [0.4, 0.5) is 0 Å². The number of benzene rings is 1. The first-order chi connectivity index (χ1) is 10.3. The number of rotatable bonds is 8. The SMILES string of the molecule is CC(C)c1ccccc1S(=O)(=O)O.CCCCOCCCC. The summed E-state index contributed by atoms with van der Waals surface area (Å²) in [6, 6.07) is 6.46. The average Bonchev–Trinajstić information content (AvgIpc) is 2.47. The van der Waals surface area contributed by atoms with Crippen LogP contribution in [0.3, 0.4) is 0 Å². The molecule has 0 fully saturated rings. The smallest absolute Gasteiger partial charge is 0.294 e. The number of ether oxygens (including phenoxy) is 1. The molecular weight excluding hydrogens is 300 g/mol. The monoisotopic (exact) mass is 330 g/mol. The summed E-state index contributed by atoms with van der Waals surface area (Å²) < 4.78 is 36.0. The van der Waals surface area contributed by atoms with Gasteiger partial charge in [-0.15, -0.1) is 0 Å². The molecule has 1 aromatic rings. The van der Waals surface area contributed by atoms with Crippen LogP contribution < -0.4 is 0 Å². The fourth-order valence-corrected chi connectivity index (χ4v) is 2.64. The van der Waals surface area contributed by atoms with Crippen LogP contribution in [-0.2, 0) is 14.9 Å². The number of hydrogen-bond donors (Lipinski definition) is 1. The molecule has 22 heavy (non-hydrogen) atoms. The first-order valence-electron chi connectivity index (χ1n) is 7.98. The predicted molar refractivity (Wildman–Crippen MR) is 91.0 cm³/mol. The Bertz CT molecular complexity index is 489. The molecular formula is C17H30O4S. The standard InChI is InChI=1S/C9H12O3S.C8H18O/c1-7(2)8-5-3-4-6-9(8)13(10,11)12;1-3-5-7-9-8-6-4-2/h3-7H,1-2H3,(H,10,11,12);3-8H2,1-2H3. The minimum atomic E-state index is -4.08. The Hall–Kier alpha value is -0.910. The molecule has 0 heterocycles. The van der Waals surface area contributed by atoms with Gasteiger partial charge in [-0.2, -0.15) is 8.42 Å². The van der Waals surface area contributed by atoms with Crippen molar-refractivity contribution in [3.8, 4) is 0 Å². The van der Waals surface area contributed by atoms with Gasteiger partial charge in [0.05, 0.1) is 4.90 Å². The normalized spacial score (nSPS) is 11.2. The highest BCUT2D eigenvalue weighted by Crippen LogP contribution is 2.22. The van der Waals surface area contributed by atoms with Crippen LogP contribution in [-0.4, -0.2) is 26.2 Å². The van der Waals surface area contributed by atoms with E-state index in [1.807, 2.05) is 13.8 Å². The van der Waals surface area contributed by atoms with Crippen molar-refractivity contribution in [1.29, 1.82) is 0 Å². The largest absolute Gasteiger partial charge is 0.381 e. The molecule has 0 aromatic heterocycles. The van der Waals surface area contributed by atoms with Crippen LogP contribution in [0.5, 0.6) is 0 Å². The van der Waals surface area contributed by atoms with Gasteiger partial charge in [-0.3, -0.25) is 4.55 Å². The van der Waals surface area contributed by atoms with Crippen molar-refractivity contribution >= 4 is 10.1 Å². The van der Waals surface area contributed by atoms with E-state index >= 15 is 0 Å². The zero-order valence-electron chi connectivity index (χ0n) is 14.2. The Balaban J connectivity index is 0.000000433. The molecule has 0 amide bonds. The third-order valence-electron chi connectivity index (χ3n) is 3.10. The second kappa shape index (κ2) is 11.6. The maximum Gasteiger partial charge on any atom is 0.294 e. The Morgan fingerprint density at radius 2 is 1.55 bits per heavy atom. The van der Waals surface area contributed by atoms with Gasteiger partial charge in [-0.1, -0.05) is 58.7 Å². The second-order valence-corrected chi connectivity index (χ2v) is 6.88. The van der Waals surface area contributed by atoms with Crippen molar-refractivity contribution in [1.82, 2.24) is 0 Å². The molecule has 1 rings (SSSR count). The third kappa shape index (κ3) is 9.18. The van der Waals surface area contributed by atoms with Crippen molar-refractivity contribution in [3.05, 3.63) is 29.8 Å². The first-order valence-corrected chi connectivity index (χ1v) is 9.42. The van der Waals surface area contributed by atoms with Gasteiger partial charge in [0.25, 0.3) is 10.1 Å². The predicted octanol–water partition coefficient (Wildman–Crippen LogP) is 4.66. The summed E-state index contributed by atoms with van der Waals surface area (Å²) in [6.07, 6.45) is 4.91. The van der Waals surface area contributed by atoms with Gasteiger partial charge in [0.1, 0.15) is 0 Å². The quantitative estimate of drug-likeness (QED) is 0.556.